The normalized spacial score (nSPS) is 10.2. The van der Waals surface area contributed by atoms with E-state index in [1.165, 1.54) is 12.4 Å². The van der Waals surface area contributed by atoms with Crippen LogP contribution in [-0.2, 0) is 0 Å². The number of anilines is 1. The maximum Gasteiger partial charge on any atom is 0.277 e. The van der Waals surface area contributed by atoms with Crippen LogP contribution in [0.1, 0.15) is 23.0 Å². The summed E-state index contributed by atoms with van der Waals surface area (Å²) in [6, 6.07) is 8.83. The number of carbonyl (C=O) groups is 1. The van der Waals surface area contributed by atoms with Crippen molar-refractivity contribution in [2.24, 2.45) is 0 Å². The molecule has 1 aromatic carbocycles. The van der Waals surface area contributed by atoms with Crippen molar-refractivity contribution in [3.05, 3.63) is 58.3 Å². The Bertz CT molecular complexity index is 649. The summed E-state index contributed by atoms with van der Waals surface area (Å²) in [4.78, 5) is 31.6. The van der Waals surface area contributed by atoms with Crippen molar-refractivity contribution in [3.63, 3.8) is 0 Å². The Morgan fingerprint density at radius 2 is 2.11 bits per heavy atom. The SMILES string of the molecule is CCN(C(=O)c1cc(=O)[nH]cn1)c1ccccc1C. The van der Waals surface area contributed by atoms with Crippen LogP contribution in [0.2, 0.25) is 0 Å². The average Bonchev–Trinajstić information content (AvgIpc) is 2.41. The second-order valence-corrected chi connectivity index (χ2v) is 4.13. The second kappa shape index (κ2) is 5.48. The summed E-state index contributed by atoms with van der Waals surface area (Å²) >= 11 is 0. The minimum Gasteiger partial charge on any atom is -0.313 e. The van der Waals surface area contributed by atoms with Gasteiger partial charge in [-0.05, 0) is 25.5 Å². The zero-order chi connectivity index (χ0) is 13.8. The molecule has 0 saturated carbocycles. The summed E-state index contributed by atoms with van der Waals surface area (Å²) < 4.78 is 0. The molecule has 2 rings (SSSR count). The van der Waals surface area contributed by atoms with Gasteiger partial charge in [-0.15, -0.1) is 0 Å². The number of hydrogen-bond acceptors (Lipinski definition) is 3. The third-order valence-corrected chi connectivity index (χ3v) is 2.87. The van der Waals surface area contributed by atoms with Gasteiger partial charge in [0.15, 0.2) is 0 Å². The highest BCUT2D eigenvalue weighted by Gasteiger charge is 2.18. The summed E-state index contributed by atoms with van der Waals surface area (Å²) in [5.41, 5.74) is 1.65. The van der Waals surface area contributed by atoms with Gasteiger partial charge in [0, 0.05) is 18.3 Å². The van der Waals surface area contributed by atoms with Crippen LogP contribution in [0.5, 0.6) is 0 Å². The van der Waals surface area contributed by atoms with Crippen LogP contribution >= 0.6 is 0 Å². The largest absolute Gasteiger partial charge is 0.313 e. The molecule has 0 aliphatic rings. The van der Waals surface area contributed by atoms with E-state index in [1.54, 1.807) is 4.90 Å². The molecule has 0 unspecified atom stereocenters. The van der Waals surface area contributed by atoms with Crippen LogP contribution in [0.15, 0.2) is 41.5 Å². The first-order chi connectivity index (χ1) is 9.13. The Labute approximate surface area is 110 Å². The molecule has 5 nitrogen and oxygen atoms in total. The number of para-hydroxylation sites is 1. The number of aromatic amines is 1. The van der Waals surface area contributed by atoms with Crippen LogP contribution in [0, 0.1) is 6.92 Å². The first-order valence-corrected chi connectivity index (χ1v) is 6.05. The van der Waals surface area contributed by atoms with Gasteiger partial charge in [0.2, 0.25) is 0 Å². The zero-order valence-electron chi connectivity index (χ0n) is 10.9. The van der Waals surface area contributed by atoms with Gasteiger partial charge >= 0.3 is 0 Å². The Hall–Kier alpha value is -2.43. The molecule has 0 aliphatic carbocycles. The smallest absolute Gasteiger partial charge is 0.277 e. The number of amides is 1. The quantitative estimate of drug-likeness (QED) is 0.910. The number of hydrogen-bond donors (Lipinski definition) is 1. The van der Waals surface area contributed by atoms with Crippen molar-refractivity contribution in [1.29, 1.82) is 0 Å². The molecule has 1 N–H and O–H groups in total. The maximum atomic E-state index is 12.4. The Balaban J connectivity index is 2.41. The van der Waals surface area contributed by atoms with Crippen molar-refractivity contribution < 1.29 is 4.79 Å². The molecule has 0 bridgehead atoms. The van der Waals surface area contributed by atoms with Crippen LogP contribution < -0.4 is 10.5 Å². The molecular weight excluding hydrogens is 242 g/mol. The van der Waals surface area contributed by atoms with Gasteiger partial charge in [-0.2, -0.15) is 0 Å². The van der Waals surface area contributed by atoms with Crippen LogP contribution in [0.25, 0.3) is 0 Å². The summed E-state index contributed by atoms with van der Waals surface area (Å²) in [5, 5.41) is 0. The predicted molar refractivity (Wildman–Crippen MR) is 73.4 cm³/mol. The summed E-state index contributed by atoms with van der Waals surface area (Å²) in [6.45, 7) is 4.34. The predicted octanol–water partition coefficient (Wildman–Crippen LogP) is 1.75. The fraction of sp³-hybridized carbons (Fsp3) is 0.214. The lowest BCUT2D eigenvalue weighted by Crippen LogP contribution is -2.32. The number of aryl methyl sites for hydroxylation is 1. The van der Waals surface area contributed by atoms with E-state index >= 15 is 0 Å². The molecule has 0 radical (unpaired) electrons. The molecule has 0 aliphatic heterocycles. The van der Waals surface area contributed by atoms with Gasteiger partial charge < -0.3 is 9.88 Å². The van der Waals surface area contributed by atoms with E-state index in [-0.39, 0.29) is 17.2 Å². The van der Waals surface area contributed by atoms with Gasteiger partial charge in [-0.25, -0.2) is 4.98 Å². The standard InChI is InChI=1S/C14H15N3O2/c1-3-17(12-7-5-4-6-10(12)2)14(19)11-8-13(18)16-9-15-11/h4-9H,3H2,1-2H3,(H,15,16,18). The highest BCUT2D eigenvalue weighted by Crippen LogP contribution is 2.20. The van der Waals surface area contributed by atoms with E-state index in [9.17, 15) is 9.59 Å². The van der Waals surface area contributed by atoms with E-state index < -0.39 is 0 Å². The number of carbonyl (C=O) groups excluding carboxylic acids is 1. The highest BCUT2D eigenvalue weighted by atomic mass is 16.2. The molecule has 1 heterocycles. The molecule has 19 heavy (non-hydrogen) atoms. The monoisotopic (exact) mass is 257 g/mol. The Morgan fingerprint density at radius 3 is 2.74 bits per heavy atom. The molecule has 1 aromatic heterocycles. The van der Waals surface area contributed by atoms with Gasteiger partial charge in [-0.3, -0.25) is 9.59 Å². The van der Waals surface area contributed by atoms with Crippen LogP contribution in [0.4, 0.5) is 5.69 Å². The topological polar surface area (TPSA) is 66.1 Å². The lowest BCUT2D eigenvalue weighted by molar-refractivity contribution is 0.0983. The fourth-order valence-corrected chi connectivity index (χ4v) is 1.91. The van der Waals surface area contributed by atoms with Crippen molar-refractivity contribution in [3.8, 4) is 0 Å². The van der Waals surface area contributed by atoms with Crippen LogP contribution in [0.3, 0.4) is 0 Å². The van der Waals surface area contributed by atoms with Crippen molar-refractivity contribution >= 4 is 11.6 Å². The van der Waals surface area contributed by atoms with Crippen molar-refractivity contribution in [2.75, 3.05) is 11.4 Å². The number of benzene rings is 1. The number of aromatic nitrogens is 2. The second-order valence-electron chi connectivity index (χ2n) is 4.13. The van der Waals surface area contributed by atoms with E-state index in [0.717, 1.165) is 11.3 Å². The zero-order valence-corrected chi connectivity index (χ0v) is 10.9. The lowest BCUT2D eigenvalue weighted by Gasteiger charge is -2.22. The molecule has 2 aromatic rings. The van der Waals surface area contributed by atoms with E-state index in [2.05, 4.69) is 9.97 Å². The summed E-state index contributed by atoms with van der Waals surface area (Å²) in [5.74, 6) is -0.275. The molecule has 5 heteroatoms. The maximum absolute atomic E-state index is 12.4. The lowest BCUT2D eigenvalue weighted by atomic mass is 10.1. The molecule has 0 saturated heterocycles. The minimum atomic E-state index is -0.334. The van der Waals surface area contributed by atoms with Crippen molar-refractivity contribution in [1.82, 2.24) is 9.97 Å². The molecule has 1 amide bonds. The van der Waals surface area contributed by atoms with E-state index in [0.29, 0.717) is 6.54 Å². The summed E-state index contributed by atoms with van der Waals surface area (Å²) in [6.07, 6.45) is 1.24. The molecule has 98 valence electrons. The van der Waals surface area contributed by atoms with Gasteiger partial charge in [-0.1, -0.05) is 18.2 Å². The number of nitrogens with one attached hydrogen (secondary N) is 1. The fourth-order valence-electron chi connectivity index (χ4n) is 1.91. The highest BCUT2D eigenvalue weighted by molar-refractivity contribution is 6.05. The van der Waals surface area contributed by atoms with E-state index in [1.807, 2.05) is 38.1 Å². The first-order valence-electron chi connectivity index (χ1n) is 6.05. The summed E-state index contributed by atoms with van der Waals surface area (Å²) in [7, 11) is 0. The van der Waals surface area contributed by atoms with Gasteiger partial charge in [0.05, 0.1) is 6.33 Å². The van der Waals surface area contributed by atoms with Crippen LogP contribution in [-0.4, -0.2) is 22.4 Å². The van der Waals surface area contributed by atoms with Gasteiger partial charge in [0.1, 0.15) is 5.69 Å². The first kappa shape index (κ1) is 13.0. The Morgan fingerprint density at radius 1 is 1.37 bits per heavy atom. The molecule has 0 spiro atoms. The van der Waals surface area contributed by atoms with Gasteiger partial charge in [0.25, 0.3) is 11.5 Å². The van der Waals surface area contributed by atoms with E-state index in [4.69, 9.17) is 0 Å². The molecule has 0 atom stereocenters. The molecular formula is C14H15N3O2. The third-order valence-electron chi connectivity index (χ3n) is 2.87. The number of nitrogens with zero attached hydrogens (tertiary/aromatic N) is 2. The third kappa shape index (κ3) is 2.70. The van der Waals surface area contributed by atoms with Crippen molar-refractivity contribution in [2.45, 2.75) is 13.8 Å². The Kier molecular flexibility index (Phi) is 3.75. The number of rotatable bonds is 3. The molecule has 0 fully saturated rings. The minimum absolute atomic E-state index is 0.147. The average molecular weight is 257 g/mol. The number of H-pyrrole nitrogens is 1.